The highest BCUT2D eigenvalue weighted by molar-refractivity contribution is 6.66. The molecule has 0 amide bonds. The Labute approximate surface area is 82.9 Å². The van der Waals surface area contributed by atoms with Crippen LogP contribution in [0.5, 0.6) is 0 Å². The van der Waals surface area contributed by atoms with E-state index in [0.717, 1.165) is 0 Å². The zero-order chi connectivity index (χ0) is 8.49. The van der Waals surface area contributed by atoms with Gasteiger partial charge < -0.3 is 0 Å². The lowest BCUT2D eigenvalue weighted by Crippen LogP contribution is -1.89. The van der Waals surface area contributed by atoms with Crippen molar-refractivity contribution in [1.29, 1.82) is 0 Å². The van der Waals surface area contributed by atoms with Crippen LogP contribution in [0.3, 0.4) is 0 Å². The van der Waals surface area contributed by atoms with Crippen LogP contribution in [-0.4, -0.2) is 38.1 Å². The molecule has 12 heavy (non-hydrogen) atoms. The third kappa shape index (κ3) is 5.01. The van der Waals surface area contributed by atoms with Crippen molar-refractivity contribution in [2.75, 3.05) is 0 Å². The van der Waals surface area contributed by atoms with Gasteiger partial charge in [0, 0.05) is 0 Å². The van der Waals surface area contributed by atoms with Gasteiger partial charge in [-0.25, -0.2) is 0 Å². The molecule has 0 aromatic carbocycles. The van der Waals surface area contributed by atoms with E-state index in [9.17, 15) is 0 Å². The lowest BCUT2D eigenvalue weighted by Gasteiger charge is -1.75. The summed E-state index contributed by atoms with van der Waals surface area (Å²) in [5.41, 5.74) is 22.4. The molecular weight excluding hydrogens is 208 g/mol. The lowest BCUT2D eigenvalue weighted by molar-refractivity contribution is 2.40. The summed E-state index contributed by atoms with van der Waals surface area (Å²) < 4.78 is 0. The topological polar surface area (TPSA) is 0 Å². The zero-order valence-electron chi connectivity index (χ0n) is 6.15. The first-order valence-electron chi connectivity index (χ1n) is 3.16. The molecule has 1 heterocycles. The van der Waals surface area contributed by atoms with E-state index in [1.165, 1.54) is 0 Å². The molecule has 0 fully saturated rings. The van der Waals surface area contributed by atoms with Crippen molar-refractivity contribution in [3.05, 3.63) is 11.4 Å². The van der Waals surface area contributed by atoms with E-state index in [0.29, 0.717) is 38.1 Å². The standard InChI is InChI=1S/C8H2Si4/c1-2-10-5-6-12-8-7-11-4-3-9-1/h1-2H/b2-1-. The molecule has 0 aromatic rings. The van der Waals surface area contributed by atoms with E-state index in [4.69, 9.17) is 0 Å². The predicted octanol–water partition coefficient (Wildman–Crippen LogP) is -0.957. The molecule has 0 aromatic heterocycles. The molecule has 0 saturated carbocycles. The molecule has 0 unspecified atom stereocenters. The second kappa shape index (κ2) is 6.96. The molecule has 0 spiro atoms. The minimum atomic E-state index is 0.470. The van der Waals surface area contributed by atoms with E-state index in [2.05, 4.69) is 44.7 Å². The molecule has 1 aliphatic rings. The van der Waals surface area contributed by atoms with E-state index in [1.54, 1.807) is 0 Å². The van der Waals surface area contributed by atoms with Crippen LogP contribution in [0, 0.1) is 33.3 Å². The Morgan fingerprint density at radius 2 is 1.00 bits per heavy atom. The quantitative estimate of drug-likeness (QED) is 0.357. The molecule has 0 N–H and O–H groups in total. The second-order valence-electron chi connectivity index (χ2n) is 1.62. The minimum absolute atomic E-state index is 0.470. The third-order valence-corrected chi connectivity index (χ3v) is 4.12. The molecule has 0 bridgehead atoms. The van der Waals surface area contributed by atoms with Crippen molar-refractivity contribution in [3.8, 4) is 33.3 Å². The van der Waals surface area contributed by atoms with Gasteiger partial charge in [0.1, 0.15) is 0 Å². The summed E-state index contributed by atoms with van der Waals surface area (Å²) in [5.74, 6) is 0. The monoisotopic (exact) mass is 210 g/mol. The third-order valence-electron chi connectivity index (χ3n) is 0.832. The average molecular weight is 210 g/mol. The van der Waals surface area contributed by atoms with Gasteiger partial charge >= 0.3 is 0 Å². The average Bonchev–Trinajstić information content (AvgIpc) is 2.05. The van der Waals surface area contributed by atoms with Crippen molar-refractivity contribution in [2.24, 2.45) is 0 Å². The smallest absolute Gasteiger partial charge is 0.136 e. The first-order valence-corrected chi connectivity index (χ1v) is 7.32. The first-order chi connectivity index (χ1) is 6.00. The van der Waals surface area contributed by atoms with Gasteiger partial charge in [-0.1, -0.05) is 11.4 Å². The van der Waals surface area contributed by atoms with Crippen molar-refractivity contribution >= 4 is 38.1 Å². The SMILES string of the molecule is C1#C[Si]C#C[Si]/C=C\[Si]C#C[Si]1. The van der Waals surface area contributed by atoms with Gasteiger partial charge in [-0.2, -0.15) is 0 Å². The van der Waals surface area contributed by atoms with Crippen molar-refractivity contribution in [3.63, 3.8) is 0 Å². The summed E-state index contributed by atoms with van der Waals surface area (Å²) in [6.45, 7) is 0. The number of hydrogen-bond donors (Lipinski definition) is 0. The van der Waals surface area contributed by atoms with Gasteiger partial charge in [0.15, 0.2) is 19.0 Å². The summed E-state index contributed by atoms with van der Waals surface area (Å²) in [6, 6.07) is 0. The molecule has 0 saturated heterocycles. The van der Waals surface area contributed by atoms with Crippen molar-refractivity contribution in [1.82, 2.24) is 0 Å². The van der Waals surface area contributed by atoms with E-state index >= 15 is 0 Å². The molecule has 50 valence electrons. The fraction of sp³-hybridized carbons (Fsp3) is 0. The largest absolute Gasteiger partial charge is 0.248 e. The Morgan fingerprint density at radius 1 is 0.583 bits per heavy atom. The highest BCUT2D eigenvalue weighted by Crippen LogP contribution is 1.68. The van der Waals surface area contributed by atoms with Crippen LogP contribution in [0.1, 0.15) is 0 Å². The Hall–Kier alpha value is -0.712. The maximum Gasteiger partial charge on any atom is 0.248 e. The van der Waals surface area contributed by atoms with Crippen molar-refractivity contribution in [2.45, 2.75) is 0 Å². The van der Waals surface area contributed by atoms with E-state index < -0.39 is 0 Å². The Bertz CT molecular complexity index is 304. The van der Waals surface area contributed by atoms with Crippen LogP contribution in [0.4, 0.5) is 0 Å². The Balaban J connectivity index is 2.53. The summed E-state index contributed by atoms with van der Waals surface area (Å²) >= 11 is 0. The van der Waals surface area contributed by atoms with Gasteiger partial charge in [0.25, 0.3) is 0 Å². The van der Waals surface area contributed by atoms with E-state index in [-0.39, 0.29) is 0 Å². The van der Waals surface area contributed by atoms with Crippen LogP contribution >= 0.6 is 0 Å². The summed E-state index contributed by atoms with van der Waals surface area (Å²) in [5, 5.41) is 0. The maximum absolute atomic E-state index is 3.06. The van der Waals surface area contributed by atoms with Gasteiger partial charge in [0.05, 0.1) is 0 Å². The van der Waals surface area contributed by atoms with Gasteiger partial charge in [-0.05, 0) is 0 Å². The zero-order valence-corrected chi connectivity index (χ0v) is 10.2. The highest BCUT2D eigenvalue weighted by atomic mass is 28.2. The Kier molecular flexibility index (Phi) is 5.44. The van der Waals surface area contributed by atoms with Crippen LogP contribution in [0.25, 0.3) is 0 Å². The number of rotatable bonds is 0. The summed E-state index contributed by atoms with van der Waals surface area (Å²) in [6.07, 6.45) is 0. The second-order valence-corrected chi connectivity index (χ2v) is 4.87. The van der Waals surface area contributed by atoms with Crippen molar-refractivity contribution < 1.29 is 0 Å². The summed E-state index contributed by atoms with van der Waals surface area (Å²) in [4.78, 5) is 0. The van der Waals surface area contributed by atoms with Crippen LogP contribution < -0.4 is 0 Å². The van der Waals surface area contributed by atoms with Gasteiger partial charge in [-0.3, -0.25) is 0 Å². The molecule has 1 aliphatic heterocycles. The maximum atomic E-state index is 3.06. The van der Waals surface area contributed by atoms with Gasteiger partial charge in [-0.15, -0.1) is 33.3 Å². The fourth-order valence-corrected chi connectivity index (χ4v) is 2.96. The molecule has 4 heteroatoms. The molecule has 0 atom stereocenters. The molecule has 0 aliphatic carbocycles. The highest BCUT2D eigenvalue weighted by Gasteiger charge is 1.78. The molecule has 1 rings (SSSR count). The molecular formula is C8H2Si4. The van der Waals surface area contributed by atoms with Crippen LogP contribution in [-0.2, 0) is 0 Å². The predicted molar refractivity (Wildman–Crippen MR) is 55.5 cm³/mol. The molecule has 0 nitrogen and oxygen atoms in total. The van der Waals surface area contributed by atoms with Crippen LogP contribution in [0.15, 0.2) is 11.4 Å². The van der Waals surface area contributed by atoms with E-state index in [1.807, 2.05) is 0 Å². The summed E-state index contributed by atoms with van der Waals surface area (Å²) in [7, 11) is 2.17. The van der Waals surface area contributed by atoms with Gasteiger partial charge in [0.2, 0.25) is 19.0 Å². The molecule has 8 radical (unpaired) electrons. The lowest BCUT2D eigenvalue weighted by atomic mass is 11.2. The van der Waals surface area contributed by atoms with Crippen LogP contribution in [0.2, 0.25) is 0 Å². The normalized spacial score (nSPS) is 17.3. The first kappa shape index (κ1) is 9.38. The minimum Gasteiger partial charge on any atom is -0.136 e. The Morgan fingerprint density at radius 3 is 1.50 bits per heavy atom. The fourth-order valence-electron chi connectivity index (χ4n) is 0.426. The number of hydrogen-bond acceptors (Lipinski definition) is 0.